The molecule has 2 aromatic carbocycles. The quantitative estimate of drug-likeness (QED) is 0.810. The van der Waals surface area contributed by atoms with Crippen LogP contribution < -0.4 is 10.6 Å². The van der Waals surface area contributed by atoms with Crippen molar-refractivity contribution in [2.45, 2.75) is 19.4 Å². The minimum atomic E-state index is -0.492. The van der Waals surface area contributed by atoms with Crippen LogP contribution in [0.5, 0.6) is 0 Å². The lowest BCUT2D eigenvalue weighted by molar-refractivity contribution is 0.0981. The maximum atomic E-state index is 13.4. The summed E-state index contributed by atoms with van der Waals surface area (Å²) in [4.78, 5) is 14.3. The molecule has 0 radical (unpaired) electrons. The van der Waals surface area contributed by atoms with Crippen molar-refractivity contribution in [2.24, 2.45) is 0 Å². The first-order chi connectivity index (χ1) is 9.56. The van der Waals surface area contributed by atoms with Gasteiger partial charge in [0, 0.05) is 23.0 Å². The van der Waals surface area contributed by atoms with Gasteiger partial charge in [-0.2, -0.15) is 0 Å². The Morgan fingerprint density at radius 1 is 1.30 bits per heavy atom. The first kappa shape index (κ1) is 12.7. The highest BCUT2D eigenvalue weighted by atomic mass is 19.1. The monoisotopic (exact) mass is 270 g/mol. The lowest BCUT2D eigenvalue weighted by Crippen LogP contribution is -2.35. The molecule has 1 amide bonds. The molecule has 1 heterocycles. The number of benzene rings is 2. The Balaban J connectivity index is 2.02. The van der Waals surface area contributed by atoms with Crippen molar-refractivity contribution in [1.82, 2.24) is 0 Å². The highest BCUT2D eigenvalue weighted by Crippen LogP contribution is 2.33. The maximum Gasteiger partial charge on any atom is 0.258 e. The van der Waals surface area contributed by atoms with Gasteiger partial charge in [0.2, 0.25) is 0 Å². The minimum absolute atomic E-state index is 0.0596. The Morgan fingerprint density at radius 3 is 2.80 bits per heavy atom. The van der Waals surface area contributed by atoms with Crippen molar-refractivity contribution in [2.75, 3.05) is 10.6 Å². The predicted octanol–water partition coefficient (Wildman–Crippen LogP) is 3.00. The molecule has 3 rings (SSSR count). The first-order valence-electron chi connectivity index (χ1n) is 6.54. The van der Waals surface area contributed by atoms with Crippen molar-refractivity contribution < 1.29 is 9.18 Å². The summed E-state index contributed by atoms with van der Waals surface area (Å²) < 4.78 is 13.4. The van der Waals surface area contributed by atoms with Crippen LogP contribution in [0, 0.1) is 5.82 Å². The third kappa shape index (κ3) is 2.03. The van der Waals surface area contributed by atoms with E-state index in [0.29, 0.717) is 0 Å². The molecule has 102 valence electrons. The van der Waals surface area contributed by atoms with Gasteiger partial charge in [0.15, 0.2) is 0 Å². The normalized spacial score (nSPS) is 17.1. The number of carbonyl (C=O) groups excluding carboxylic acids is 1. The summed E-state index contributed by atoms with van der Waals surface area (Å²) in [5, 5.41) is 0. The molecule has 20 heavy (non-hydrogen) atoms. The summed E-state index contributed by atoms with van der Waals surface area (Å²) in [5.74, 6) is -0.706. The van der Waals surface area contributed by atoms with E-state index in [1.54, 1.807) is 4.90 Å². The molecule has 1 aliphatic heterocycles. The third-order valence-corrected chi connectivity index (χ3v) is 3.59. The van der Waals surface area contributed by atoms with E-state index in [-0.39, 0.29) is 23.2 Å². The van der Waals surface area contributed by atoms with E-state index in [4.69, 9.17) is 5.73 Å². The lowest BCUT2D eigenvalue weighted by atomic mass is 10.1. The van der Waals surface area contributed by atoms with Gasteiger partial charge in [0.1, 0.15) is 5.82 Å². The van der Waals surface area contributed by atoms with Gasteiger partial charge in [0.05, 0.1) is 0 Å². The second-order valence-electron chi connectivity index (χ2n) is 5.13. The number of fused-ring (bicyclic) bond motifs is 1. The number of amides is 1. The van der Waals surface area contributed by atoms with E-state index in [1.807, 2.05) is 31.2 Å². The summed E-state index contributed by atoms with van der Waals surface area (Å²) in [6.45, 7) is 1.99. The van der Waals surface area contributed by atoms with Crippen LogP contribution in [0.3, 0.4) is 0 Å². The topological polar surface area (TPSA) is 46.3 Å². The molecule has 3 nitrogen and oxygen atoms in total. The SMILES string of the molecule is CC1Cc2ccccc2N1C(=O)c1cc(N)cc(F)c1. The number of carbonyl (C=O) groups is 1. The van der Waals surface area contributed by atoms with Crippen LogP contribution >= 0.6 is 0 Å². The van der Waals surface area contributed by atoms with Gasteiger partial charge in [0.25, 0.3) is 5.91 Å². The maximum absolute atomic E-state index is 13.4. The fraction of sp³-hybridized carbons (Fsp3) is 0.188. The van der Waals surface area contributed by atoms with Crippen LogP contribution in [-0.4, -0.2) is 11.9 Å². The average Bonchev–Trinajstić information content (AvgIpc) is 2.72. The average molecular weight is 270 g/mol. The van der Waals surface area contributed by atoms with Gasteiger partial charge < -0.3 is 10.6 Å². The fourth-order valence-corrected chi connectivity index (χ4v) is 2.75. The molecule has 1 atom stereocenters. The Labute approximate surface area is 116 Å². The Morgan fingerprint density at radius 2 is 2.05 bits per heavy atom. The molecular weight excluding hydrogens is 255 g/mol. The largest absolute Gasteiger partial charge is 0.399 e. The van der Waals surface area contributed by atoms with Crippen molar-refractivity contribution >= 4 is 17.3 Å². The van der Waals surface area contributed by atoms with Crippen molar-refractivity contribution in [3.05, 3.63) is 59.4 Å². The summed E-state index contributed by atoms with van der Waals surface area (Å²) in [6, 6.07) is 11.8. The number of halogens is 1. The highest BCUT2D eigenvalue weighted by molar-refractivity contribution is 6.08. The number of hydrogen-bond acceptors (Lipinski definition) is 2. The Kier molecular flexibility index (Phi) is 2.93. The van der Waals surface area contributed by atoms with E-state index in [1.165, 1.54) is 18.2 Å². The molecule has 2 N–H and O–H groups in total. The highest BCUT2D eigenvalue weighted by Gasteiger charge is 2.31. The Bertz CT molecular complexity index is 664. The van der Waals surface area contributed by atoms with Gasteiger partial charge in [-0.3, -0.25) is 4.79 Å². The molecule has 0 aliphatic carbocycles. The minimum Gasteiger partial charge on any atom is -0.399 e. The summed E-state index contributed by atoms with van der Waals surface area (Å²) in [5.41, 5.74) is 8.19. The molecule has 4 heteroatoms. The smallest absolute Gasteiger partial charge is 0.258 e. The Hall–Kier alpha value is -2.36. The number of para-hydroxylation sites is 1. The first-order valence-corrected chi connectivity index (χ1v) is 6.54. The van der Waals surface area contributed by atoms with Gasteiger partial charge in [-0.1, -0.05) is 18.2 Å². The van der Waals surface area contributed by atoms with Crippen molar-refractivity contribution in [3.63, 3.8) is 0 Å². The van der Waals surface area contributed by atoms with Gasteiger partial charge in [-0.15, -0.1) is 0 Å². The molecule has 0 bridgehead atoms. The van der Waals surface area contributed by atoms with Crippen LogP contribution in [0.1, 0.15) is 22.8 Å². The van der Waals surface area contributed by atoms with Crippen LogP contribution in [0.2, 0.25) is 0 Å². The van der Waals surface area contributed by atoms with Crippen LogP contribution in [0.25, 0.3) is 0 Å². The zero-order chi connectivity index (χ0) is 14.3. The molecule has 0 fully saturated rings. The van der Waals surface area contributed by atoms with Gasteiger partial charge in [-0.05, 0) is 43.2 Å². The van der Waals surface area contributed by atoms with Crippen LogP contribution in [0.15, 0.2) is 42.5 Å². The van der Waals surface area contributed by atoms with Crippen LogP contribution in [-0.2, 0) is 6.42 Å². The summed E-state index contributed by atoms with van der Waals surface area (Å²) in [7, 11) is 0. The second kappa shape index (κ2) is 4.63. The molecule has 0 aromatic heterocycles. The number of nitrogen functional groups attached to an aromatic ring is 1. The summed E-state index contributed by atoms with van der Waals surface area (Å²) >= 11 is 0. The fourth-order valence-electron chi connectivity index (χ4n) is 2.75. The number of hydrogen-bond donors (Lipinski definition) is 1. The number of nitrogens with two attached hydrogens (primary N) is 1. The zero-order valence-corrected chi connectivity index (χ0v) is 11.1. The number of nitrogens with zero attached hydrogens (tertiary/aromatic N) is 1. The molecule has 0 saturated heterocycles. The molecule has 1 unspecified atom stereocenters. The predicted molar refractivity (Wildman–Crippen MR) is 77.2 cm³/mol. The van der Waals surface area contributed by atoms with E-state index < -0.39 is 5.82 Å². The van der Waals surface area contributed by atoms with E-state index in [0.717, 1.165) is 17.7 Å². The third-order valence-electron chi connectivity index (χ3n) is 3.59. The van der Waals surface area contributed by atoms with Gasteiger partial charge in [-0.25, -0.2) is 4.39 Å². The number of rotatable bonds is 1. The summed E-state index contributed by atoms with van der Waals surface area (Å²) in [6.07, 6.45) is 0.812. The molecule has 0 saturated carbocycles. The number of anilines is 2. The molecule has 1 aliphatic rings. The van der Waals surface area contributed by atoms with Crippen molar-refractivity contribution in [1.29, 1.82) is 0 Å². The molecule has 0 spiro atoms. The van der Waals surface area contributed by atoms with Crippen molar-refractivity contribution in [3.8, 4) is 0 Å². The van der Waals surface area contributed by atoms with E-state index in [2.05, 4.69) is 0 Å². The second-order valence-corrected chi connectivity index (χ2v) is 5.13. The zero-order valence-electron chi connectivity index (χ0n) is 11.1. The molecule has 2 aromatic rings. The lowest BCUT2D eigenvalue weighted by Gasteiger charge is -2.23. The van der Waals surface area contributed by atoms with E-state index >= 15 is 0 Å². The van der Waals surface area contributed by atoms with Gasteiger partial charge >= 0.3 is 0 Å². The van der Waals surface area contributed by atoms with Crippen LogP contribution in [0.4, 0.5) is 15.8 Å². The standard InChI is InChI=1S/C16H15FN2O/c1-10-6-11-4-2-3-5-15(11)19(10)16(20)12-7-13(17)9-14(18)8-12/h2-5,7-10H,6,18H2,1H3. The van der Waals surface area contributed by atoms with E-state index in [9.17, 15) is 9.18 Å². The molecular formula is C16H15FN2O.